The Morgan fingerprint density at radius 3 is 2.38 bits per heavy atom. The quantitative estimate of drug-likeness (QED) is 0.753. The van der Waals surface area contributed by atoms with Crippen LogP contribution in [-0.4, -0.2) is 18.1 Å². The normalized spacial score (nSPS) is 17.4. The lowest BCUT2D eigenvalue weighted by atomic mass is 9.96. The van der Waals surface area contributed by atoms with Crippen LogP contribution in [0.4, 0.5) is 0 Å². The van der Waals surface area contributed by atoms with Crippen LogP contribution in [0.15, 0.2) is 29.2 Å². The Balaban J connectivity index is 1.90. The van der Waals surface area contributed by atoms with E-state index in [0.29, 0.717) is 18.6 Å². The molecule has 0 spiro atoms. The lowest BCUT2D eigenvalue weighted by Crippen LogP contribution is -2.23. The molecule has 3 heteroatoms. The largest absolute Gasteiger partial charge is 0.490 e. The smallest absolute Gasteiger partial charge is 0.133 e. The van der Waals surface area contributed by atoms with Crippen molar-refractivity contribution < 1.29 is 9.53 Å². The van der Waals surface area contributed by atoms with Crippen molar-refractivity contribution in [3.8, 4) is 5.75 Å². The first-order valence-electron chi connectivity index (χ1n) is 5.60. The zero-order valence-electron chi connectivity index (χ0n) is 9.44. The second-order valence-electron chi connectivity index (χ2n) is 4.03. The van der Waals surface area contributed by atoms with Gasteiger partial charge in [0, 0.05) is 17.7 Å². The fourth-order valence-corrected chi connectivity index (χ4v) is 2.29. The molecule has 16 heavy (non-hydrogen) atoms. The molecular weight excluding hydrogens is 220 g/mol. The number of ether oxygens (including phenoxy) is 1. The summed E-state index contributed by atoms with van der Waals surface area (Å²) in [6.45, 7) is 0. The van der Waals surface area contributed by atoms with Crippen LogP contribution in [0.2, 0.25) is 0 Å². The summed E-state index contributed by atoms with van der Waals surface area (Å²) >= 11 is 1.72. The predicted molar refractivity (Wildman–Crippen MR) is 66.1 cm³/mol. The highest BCUT2D eigenvalue weighted by molar-refractivity contribution is 7.98. The second-order valence-corrected chi connectivity index (χ2v) is 4.91. The van der Waals surface area contributed by atoms with Crippen molar-refractivity contribution in [2.45, 2.75) is 36.7 Å². The van der Waals surface area contributed by atoms with Gasteiger partial charge in [0.2, 0.25) is 0 Å². The zero-order valence-corrected chi connectivity index (χ0v) is 10.3. The fourth-order valence-electron chi connectivity index (χ4n) is 1.88. The molecule has 0 saturated heterocycles. The average molecular weight is 236 g/mol. The molecule has 0 radical (unpaired) electrons. The van der Waals surface area contributed by atoms with E-state index in [1.165, 1.54) is 4.90 Å². The number of ketones is 1. The minimum Gasteiger partial charge on any atom is -0.490 e. The summed E-state index contributed by atoms with van der Waals surface area (Å²) in [5, 5.41) is 0. The van der Waals surface area contributed by atoms with Crippen molar-refractivity contribution >= 4 is 17.5 Å². The first kappa shape index (κ1) is 11.5. The van der Waals surface area contributed by atoms with Crippen molar-refractivity contribution in [1.82, 2.24) is 0 Å². The third kappa shape index (κ3) is 3.01. The van der Waals surface area contributed by atoms with E-state index in [-0.39, 0.29) is 6.10 Å². The van der Waals surface area contributed by atoms with Crippen LogP contribution in [0.25, 0.3) is 0 Å². The minimum absolute atomic E-state index is 0.220. The number of rotatable bonds is 3. The summed E-state index contributed by atoms with van der Waals surface area (Å²) in [5.74, 6) is 1.29. The van der Waals surface area contributed by atoms with Crippen LogP contribution in [0.3, 0.4) is 0 Å². The van der Waals surface area contributed by atoms with Crippen molar-refractivity contribution in [2.75, 3.05) is 6.26 Å². The van der Waals surface area contributed by atoms with Crippen LogP contribution < -0.4 is 4.74 Å². The predicted octanol–water partition coefficient (Wildman–Crippen LogP) is 3.30. The Morgan fingerprint density at radius 1 is 1.19 bits per heavy atom. The van der Waals surface area contributed by atoms with Gasteiger partial charge < -0.3 is 4.74 Å². The van der Waals surface area contributed by atoms with E-state index in [9.17, 15) is 4.79 Å². The van der Waals surface area contributed by atoms with Crippen molar-refractivity contribution in [1.29, 1.82) is 0 Å². The molecule has 1 saturated carbocycles. The van der Waals surface area contributed by atoms with E-state index < -0.39 is 0 Å². The SMILES string of the molecule is CSc1ccc(OC2CCC(=O)CC2)cc1. The minimum atomic E-state index is 0.220. The molecule has 86 valence electrons. The van der Waals surface area contributed by atoms with Gasteiger partial charge in [-0.3, -0.25) is 4.79 Å². The van der Waals surface area contributed by atoms with E-state index in [2.05, 4.69) is 18.4 Å². The first-order chi connectivity index (χ1) is 7.78. The Labute approximate surface area is 100 Å². The van der Waals surface area contributed by atoms with Gasteiger partial charge in [0.1, 0.15) is 11.5 Å². The standard InChI is InChI=1S/C13H16O2S/c1-16-13-8-6-12(7-9-13)15-11-4-2-10(14)3-5-11/h6-9,11H,2-5H2,1H3. The van der Waals surface area contributed by atoms with Gasteiger partial charge in [0.25, 0.3) is 0 Å². The molecule has 0 bridgehead atoms. The lowest BCUT2D eigenvalue weighted by Gasteiger charge is -2.22. The number of Topliss-reactive ketones (excluding diaryl/α,β-unsaturated/α-hetero) is 1. The summed E-state index contributed by atoms with van der Waals surface area (Å²) in [5.41, 5.74) is 0. The number of benzene rings is 1. The molecule has 1 aromatic carbocycles. The molecular formula is C13H16O2S. The zero-order chi connectivity index (χ0) is 11.4. The van der Waals surface area contributed by atoms with Crippen LogP contribution in [0.5, 0.6) is 5.75 Å². The lowest BCUT2D eigenvalue weighted by molar-refractivity contribution is -0.121. The molecule has 1 aliphatic carbocycles. The Bertz CT molecular complexity index is 349. The van der Waals surface area contributed by atoms with Crippen LogP contribution in [-0.2, 0) is 4.79 Å². The van der Waals surface area contributed by atoms with Gasteiger partial charge in [-0.25, -0.2) is 0 Å². The highest BCUT2D eigenvalue weighted by atomic mass is 32.2. The summed E-state index contributed by atoms with van der Waals surface area (Å²) in [7, 11) is 0. The average Bonchev–Trinajstić information content (AvgIpc) is 2.33. The maximum Gasteiger partial charge on any atom is 0.133 e. The summed E-state index contributed by atoms with van der Waals surface area (Å²) < 4.78 is 5.84. The topological polar surface area (TPSA) is 26.3 Å². The van der Waals surface area contributed by atoms with E-state index in [1.807, 2.05) is 12.1 Å². The molecule has 1 aromatic rings. The second kappa shape index (κ2) is 5.39. The third-order valence-corrected chi connectivity index (χ3v) is 3.60. The van der Waals surface area contributed by atoms with Crippen molar-refractivity contribution in [3.63, 3.8) is 0 Å². The number of hydrogen-bond donors (Lipinski definition) is 0. The molecule has 0 N–H and O–H groups in total. The Kier molecular flexibility index (Phi) is 3.88. The molecule has 0 aliphatic heterocycles. The molecule has 2 nitrogen and oxygen atoms in total. The van der Waals surface area contributed by atoms with E-state index in [4.69, 9.17) is 4.74 Å². The van der Waals surface area contributed by atoms with Gasteiger partial charge in [0.05, 0.1) is 6.10 Å². The monoisotopic (exact) mass is 236 g/mol. The van der Waals surface area contributed by atoms with E-state index in [1.54, 1.807) is 11.8 Å². The molecule has 2 rings (SSSR count). The molecule has 1 aliphatic rings. The van der Waals surface area contributed by atoms with Gasteiger partial charge in [-0.1, -0.05) is 0 Å². The van der Waals surface area contributed by atoms with Crippen LogP contribution in [0, 0.1) is 0 Å². The highest BCUT2D eigenvalue weighted by Gasteiger charge is 2.19. The molecule has 0 atom stereocenters. The number of hydrogen-bond acceptors (Lipinski definition) is 3. The summed E-state index contributed by atoms with van der Waals surface area (Å²) in [4.78, 5) is 12.3. The maximum absolute atomic E-state index is 11.1. The number of thioether (sulfide) groups is 1. The Morgan fingerprint density at radius 2 is 1.81 bits per heavy atom. The van der Waals surface area contributed by atoms with Crippen molar-refractivity contribution in [3.05, 3.63) is 24.3 Å². The molecule has 0 heterocycles. The molecule has 0 unspecified atom stereocenters. The van der Waals surface area contributed by atoms with E-state index >= 15 is 0 Å². The summed E-state index contributed by atoms with van der Waals surface area (Å²) in [6.07, 6.45) is 5.36. The molecule has 0 aromatic heterocycles. The Hall–Kier alpha value is -0.960. The maximum atomic E-state index is 11.1. The van der Waals surface area contributed by atoms with Crippen LogP contribution in [0.1, 0.15) is 25.7 Å². The van der Waals surface area contributed by atoms with E-state index in [0.717, 1.165) is 18.6 Å². The fraction of sp³-hybridized carbons (Fsp3) is 0.462. The first-order valence-corrected chi connectivity index (χ1v) is 6.83. The van der Waals surface area contributed by atoms with Gasteiger partial charge in [-0.15, -0.1) is 11.8 Å². The third-order valence-electron chi connectivity index (χ3n) is 2.85. The highest BCUT2D eigenvalue weighted by Crippen LogP contribution is 2.24. The molecule has 0 amide bonds. The number of carbonyl (C=O) groups excluding carboxylic acids is 1. The van der Waals surface area contributed by atoms with Gasteiger partial charge in [-0.05, 0) is 43.4 Å². The summed E-state index contributed by atoms with van der Waals surface area (Å²) in [6, 6.07) is 8.13. The van der Waals surface area contributed by atoms with Crippen LogP contribution >= 0.6 is 11.8 Å². The van der Waals surface area contributed by atoms with Crippen molar-refractivity contribution in [2.24, 2.45) is 0 Å². The van der Waals surface area contributed by atoms with Gasteiger partial charge >= 0.3 is 0 Å². The van der Waals surface area contributed by atoms with Gasteiger partial charge in [-0.2, -0.15) is 0 Å². The number of carbonyl (C=O) groups is 1. The molecule has 1 fully saturated rings. The van der Waals surface area contributed by atoms with Gasteiger partial charge in [0.15, 0.2) is 0 Å².